The number of rotatable bonds is 8. The van der Waals surface area contributed by atoms with Crippen LogP contribution in [0, 0.1) is 27.7 Å². The molecule has 29 heavy (non-hydrogen) atoms. The lowest BCUT2D eigenvalue weighted by Crippen LogP contribution is -2.15. The summed E-state index contributed by atoms with van der Waals surface area (Å²) in [6.45, 7) is 10.7. The molecule has 0 saturated carbocycles. The van der Waals surface area contributed by atoms with Gasteiger partial charge in [0.25, 0.3) is 0 Å². The van der Waals surface area contributed by atoms with Gasteiger partial charge in [-0.2, -0.15) is 4.68 Å². The molecule has 1 atom stereocenters. The Morgan fingerprint density at radius 3 is 2.55 bits per heavy atom. The number of benzene rings is 1. The first-order valence-corrected chi connectivity index (χ1v) is 10.5. The van der Waals surface area contributed by atoms with E-state index >= 15 is 0 Å². The second kappa shape index (κ2) is 8.92. The Bertz CT molecular complexity index is 1000. The summed E-state index contributed by atoms with van der Waals surface area (Å²) in [6, 6.07) is 8.19. The SMILES string of the molecule is COC[C@@H](C)n1c(C)cc(C(=O)CSc2nnnn2-c2c(C)cccc2C)c1C. The van der Waals surface area contributed by atoms with Crippen LogP contribution in [-0.2, 0) is 4.74 Å². The zero-order chi connectivity index (χ0) is 21.1. The number of thioether (sulfide) groups is 1. The third-order valence-electron chi connectivity index (χ3n) is 5.06. The van der Waals surface area contributed by atoms with Crippen molar-refractivity contribution >= 4 is 17.5 Å². The minimum Gasteiger partial charge on any atom is -0.383 e. The quantitative estimate of drug-likeness (QED) is 0.412. The van der Waals surface area contributed by atoms with E-state index in [1.807, 2.05) is 52.0 Å². The van der Waals surface area contributed by atoms with Crippen LogP contribution in [0.1, 0.15) is 45.8 Å². The molecule has 0 saturated heterocycles. The normalized spacial score (nSPS) is 12.3. The number of hydrogen-bond acceptors (Lipinski definition) is 6. The summed E-state index contributed by atoms with van der Waals surface area (Å²) in [4.78, 5) is 12.9. The van der Waals surface area contributed by atoms with Crippen molar-refractivity contribution in [3.05, 3.63) is 52.3 Å². The van der Waals surface area contributed by atoms with E-state index in [9.17, 15) is 4.79 Å². The van der Waals surface area contributed by atoms with Crippen molar-refractivity contribution < 1.29 is 9.53 Å². The molecule has 0 fully saturated rings. The Kier molecular flexibility index (Phi) is 6.54. The van der Waals surface area contributed by atoms with Crippen molar-refractivity contribution in [2.45, 2.75) is 45.8 Å². The lowest BCUT2D eigenvalue weighted by molar-refractivity contribution is 0.102. The molecule has 0 bridgehead atoms. The minimum atomic E-state index is 0.0648. The second-order valence-electron chi connectivity index (χ2n) is 7.28. The van der Waals surface area contributed by atoms with Crippen molar-refractivity contribution in [3.8, 4) is 5.69 Å². The van der Waals surface area contributed by atoms with Crippen LogP contribution < -0.4 is 0 Å². The monoisotopic (exact) mass is 413 g/mol. The van der Waals surface area contributed by atoms with Gasteiger partial charge in [-0.3, -0.25) is 4.79 Å². The number of aromatic nitrogens is 5. The third-order valence-corrected chi connectivity index (χ3v) is 5.98. The van der Waals surface area contributed by atoms with E-state index in [-0.39, 0.29) is 17.6 Å². The van der Waals surface area contributed by atoms with Gasteiger partial charge in [-0.25, -0.2) is 0 Å². The number of carbonyl (C=O) groups is 1. The van der Waals surface area contributed by atoms with E-state index < -0.39 is 0 Å². The Morgan fingerprint density at radius 2 is 1.90 bits per heavy atom. The number of methoxy groups -OCH3 is 1. The first kappa shape index (κ1) is 21.3. The second-order valence-corrected chi connectivity index (χ2v) is 8.23. The standard InChI is InChI=1S/C21H27N5O2S/c1-13-8-7-9-14(2)20(13)26-21(22-23-24-26)29-12-19(27)18-10-15(3)25(17(18)5)16(4)11-28-6/h7-10,16H,11-12H2,1-6H3/t16-/m1/s1. The molecule has 154 valence electrons. The van der Waals surface area contributed by atoms with Crippen molar-refractivity contribution in [3.63, 3.8) is 0 Å². The topological polar surface area (TPSA) is 74.8 Å². The molecule has 0 radical (unpaired) electrons. The molecule has 0 aliphatic carbocycles. The molecular formula is C21H27N5O2S. The Labute approximate surface area is 175 Å². The van der Waals surface area contributed by atoms with E-state index in [2.05, 4.69) is 27.0 Å². The molecule has 2 aromatic heterocycles. The van der Waals surface area contributed by atoms with Crippen LogP contribution in [0.5, 0.6) is 0 Å². The van der Waals surface area contributed by atoms with Gasteiger partial charge in [0.1, 0.15) is 0 Å². The summed E-state index contributed by atoms with van der Waals surface area (Å²) >= 11 is 1.35. The molecule has 0 spiro atoms. The van der Waals surface area contributed by atoms with Gasteiger partial charge in [0, 0.05) is 24.1 Å². The number of aryl methyl sites for hydroxylation is 3. The van der Waals surface area contributed by atoms with Crippen LogP contribution in [0.2, 0.25) is 0 Å². The molecule has 0 N–H and O–H groups in total. The molecule has 8 heteroatoms. The van der Waals surface area contributed by atoms with E-state index in [0.717, 1.165) is 33.8 Å². The molecule has 3 rings (SSSR count). The molecule has 7 nitrogen and oxygen atoms in total. The average molecular weight is 414 g/mol. The van der Waals surface area contributed by atoms with E-state index in [0.29, 0.717) is 11.8 Å². The zero-order valence-electron chi connectivity index (χ0n) is 17.8. The van der Waals surface area contributed by atoms with E-state index in [4.69, 9.17) is 4.74 Å². The van der Waals surface area contributed by atoms with Gasteiger partial charge in [0.2, 0.25) is 5.16 Å². The molecular weight excluding hydrogens is 386 g/mol. The lowest BCUT2D eigenvalue weighted by atomic mass is 10.1. The van der Waals surface area contributed by atoms with Crippen molar-refractivity contribution in [1.29, 1.82) is 0 Å². The largest absolute Gasteiger partial charge is 0.383 e. The minimum absolute atomic E-state index is 0.0648. The number of carbonyl (C=O) groups excluding carboxylic acids is 1. The third kappa shape index (κ3) is 4.28. The van der Waals surface area contributed by atoms with Gasteiger partial charge in [-0.15, -0.1) is 5.10 Å². The first-order valence-electron chi connectivity index (χ1n) is 9.53. The van der Waals surface area contributed by atoms with E-state index in [1.165, 1.54) is 11.8 Å². The number of para-hydroxylation sites is 1. The summed E-state index contributed by atoms with van der Waals surface area (Å²) in [5.74, 6) is 0.337. The molecule has 0 amide bonds. The number of nitrogens with zero attached hydrogens (tertiary/aromatic N) is 5. The average Bonchev–Trinajstić information content (AvgIpc) is 3.24. The van der Waals surface area contributed by atoms with Gasteiger partial charge in [-0.1, -0.05) is 30.0 Å². The predicted molar refractivity (Wildman–Crippen MR) is 114 cm³/mol. The van der Waals surface area contributed by atoms with Crippen LogP contribution >= 0.6 is 11.8 Å². The van der Waals surface area contributed by atoms with Crippen molar-refractivity contribution in [1.82, 2.24) is 24.8 Å². The highest BCUT2D eigenvalue weighted by atomic mass is 32.2. The fraction of sp³-hybridized carbons (Fsp3) is 0.429. The highest BCUT2D eigenvalue weighted by Crippen LogP contribution is 2.26. The summed E-state index contributed by atoms with van der Waals surface area (Å²) in [6.07, 6.45) is 0. The predicted octanol–water partition coefficient (Wildman–Crippen LogP) is 3.88. The number of ketones is 1. The highest BCUT2D eigenvalue weighted by molar-refractivity contribution is 7.99. The lowest BCUT2D eigenvalue weighted by Gasteiger charge is -2.17. The van der Waals surface area contributed by atoms with Crippen LogP contribution in [-0.4, -0.2) is 50.0 Å². The summed E-state index contributed by atoms with van der Waals surface area (Å²) in [5, 5.41) is 12.7. The molecule has 0 unspecified atom stereocenters. The summed E-state index contributed by atoms with van der Waals surface area (Å²) in [7, 11) is 1.69. The van der Waals surface area contributed by atoms with Gasteiger partial charge in [-0.05, 0) is 62.2 Å². The highest BCUT2D eigenvalue weighted by Gasteiger charge is 2.20. The van der Waals surface area contributed by atoms with Crippen LogP contribution in [0.15, 0.2) is 29.4 Å². The fourth-order valence-electron chi connectivity index (χ4n) is 3.81. The first-order chi connectivity index (χ1) is 13.8. The molecule has 2 heterocycles. The van der Waals surface area contributed by atoms with Gasteiger partial charge >= 0.3 is 0 Å². The van der Waals surface area contributed by atoms with Crippen LogP contribution in [0.4, 0.5) is 0 Å². The van der Waals surface area contributed by atoms with E-state index in [1.54, 1.807) is 11.8 Å². The van der Waals surface area contributed by atoms with Crippen LogP contribution in [0.3, 0.4) is 0 Å². The Hall–Kier alpha value is -2.45. The molecule has 0 aliphatic heterocycles. The Morgan fingerprint density at radius 1 is 1.21 bits per heavy atom. The number of Topliss-reactive ketones (excluding diaryl/α,β-unsaturated/α-hetero) is 1. The number of tetrazole rings is 1. The van der Waals surface area contributed by atoms with Crippen LogP contribution in [0.25, 0.3) is 5.69 Å². The smallest absolute Gasteiger partial charge is 0.214 e. The fourth-order valence-corrected chi connectivity index (χ4v) is 4.57. The van der Waals surface area contributed by atoms with Crippen molar-refractivity contribution in [2.24, 2.45) is 0 Å². The maximum atomic E-state index is 12.9. The summed E-state index contributed by atoms with van der Waals surface area (Å²) < 4.78 is 9.14. The zero-order valence-corrected chi connectivity index (χ0v) is 18.6. The maximum Gasteiger partial charge on any atom is 0.214 e. The number of hydrogen-bond donors (Lipinski definition) is 0. The maximum absolute atomic E-state index is 12.9. The number of ether oxygens (including phenoxy) is 1. The van der Waals surface area contributed by atoms with Gasteiger partial charge in [0.05, 0.1) is 24.1 Å². The Balaban J connectivity index is 1.80. The van der Waals surface area contributed by atoms with Gasteiger partial charge in [0.15, 0.2) is 5.78 Å². The summed E-state index contributed by atoms with van der Waals surface area (Å²) in [5.41, 5.74) is 5.89. The molecule has 0 aliphatic rings. The van der Waals surface area contributed by atoms with Crippen molar-refractivity contribution in [2.75, 3.05) is 19.5 Å². The molecule has 3 aromatic rings. The molecule has 1 aromatic carbocycles. The van der Waals surface area contributed by atoms with Gasteiger partial charge < -0.3 is 9.30 Å².